The number of nitrogens with zero attached hydrogens (tertiary/aromatic N) is 1. The predicted octanol–water partition coefficient (Wildman–Crippen LogP) is 4.86. The van der Waals surface area contributed by atoms with Gasteiger partial charge < -0.3 is 10.1 Å². The van der Waals surface area contributed by atoms with Crippen molar-refractivity contribution in [3.63, 3.8) is 0 Å². The summed E-state index contributed by atoms with van der Waals surface area (Å²) in [5.74, 6) is -2.01. The number of alkyl halides is 3. The number of halogens is 6. The van der Waals surface area contributed by atoms with Crippen molar-refractivity contribution >= 4 is 52.5 Å². The summed E-state index contributed by atoms with van der Waals surface area (Å²) in [6, 6.07) is 4.61. The summed E-state index contributed by atoms with van der Waals surface area (Å²) < 4.78 is 42.4. The number of aromatic nitrogens is 1. The molecule has 26 heavy (non-hydrogen) atoms. The van der Waals surface area contributed by atoms with Crippen LogP contribution in [0.1, 0.15) is 15.9 Å². The van der Waals surface area contributed by atoms with Crippen molar-refractivity contribution in [1.29, 1.82) is 0 Å². The fraction of sp³-hybridized carbons (Fsp3) is 0.133. The summed E-state index contributed by atoms with van der Waals surface area (Å²) in [4.78, 5) is 27.0. The van der Waals surface area contributed by atoms with E-state index in [1.807, 2.05) is 0 Å². The maximum atomic E-state index is 12.5. The fourth-order valence-corrected chi connectivity index (χ4v) is 2.48. The minimum atomic E-state index is -4.62. The van der Waals surface area contributed by atoms with Gasteiger partial charge in [-0.05, 0) is 24.3 Å². The summed E-state index contributed by atoms with van der Waals surface area (Å²) in [7, 11) is 0. The Morgan fingerprint density at radius 2 is 1.69 bits per heavy atom. The van der Waals surface area contributed by atoms with Crippen LogP contribution in [-0.2, 0) is 15.7 Å². The van der Waals surface area contributed by atoms with Crippen molar-refractivity contribution in [2.24, 2.45) is 0 Å². The van der Waals surface area contributed by atoms with Crippen molar-refractivity contribution in [2.75, 3.05) is 11.9 Å². The van der Waals surface area contributed by atoms with Gasteiger partial charge in [-0.3, -0.25) is 4.79 Å². The Bertz CT molecular complexity index is 840. The van der Waals surface area contributed by atoms with Crippen molar-refractivity contribution in [3.05, 3.63) is 56.7 Å². The van der Waals surface area contributed by atoms with Crippen LogP contribution < -0.4 is 5.32 Å². The largest absolute Gasteiger partial charge is 0.452 e. The Labute approximate surface area is 160 Å². The number of esters is 1. The van der Waals surface area contributed by atoms with Crippen molar-refractivity contribution in [3.8, 4) is 0 Å². The molecular weight excluding hydrogens is 420 g/mol. The van der Waals surface area contributed by atoms with Gasteiger partial charge in [-0.1, -0.05) is 34.8 Å². The summed E-state index contributed by atoms with van der Waals surface area (Å²) in [6.45, 7) is -0.720. The molecule has 1 aromatic carbocycles. The van der Waals surface area contributed by atoms with E-state index in [4.69, 9.17) is 39.5 Å². The number of carbonyl (C=O) groups excluding carboxylic acids is 2. The molecule has 11 heteroatoms. The lowest BCUT2D eigenvalue weighted by Crippen LogP contribution is -2.22. The smallest absolute Gasteiger partial charge is 0.417 e. The lowest BCUT2D eigenvalue weighted by atomic mass is 10.2. The second kappa shape index (κ2) is 8.11. The lowest BCUT2D eigenvalue weighted by Gasteiger charge is -2.10. The van der Waals surface area contributed by atoms with Crippen molar-refractivity contribution < 1.29 is 27.5 Å². The highest BCUT2D eigenvalue weighted by Gasteiger charge is 2.31. The number of anilines is 1. The highest BCUT2D eigenvalue weighted by Crippen LogP contribution is 2.32. The van der Waals surface area contributed by atoms with E-state index in [2.05, 4.69) is 10.3 Å². The summed E-state index contributed by atoms with van der Waals surface area (Å²) in [5.41, 5.74) is -1.04. The molecule has 0 atom stereocenters. The van der Waals surface area contributed by atoms with Crippen LogP contribution in [0.15, 0.2) is 30.5 Å². The van der Waals surface area contributed by atoms with Crippen molar-refractivity contribution in [2.45, 2.75) is 6.18 Å². The number of rotatable bonds is 4. The third-order valence-corrected chi connectivity index (χ3v) is 3.58. The molecule has 0 radical (unpaired) electrons. The molecule has 1 heterocycles. The van der Waals surface area contributed by atoms with E-state index in [1.165, 1.54) is 18.2 Å². The Kier molecular flexibility index (Phi) is 6.33. The number of ether oxygens (including phenoxy) is 1. The van der Waals surface area contributed by atoms with E-state index < -0.39 is 35.2 Å². The zero-order valence-corrected chi connectivity index (χ0v) is 14.8. The third-order valence-electron chi connectivity index (χ3n) is 2.86. The van der Waals surface area contributed by atoms with E-state index in [9.17, 15) is 22.8 Å². The molecule has 0 saturated carbocycles. The summed E-state index contributed by atoms with van der Waals surface area (Å²) >= 11 is 17.2. The molecule has 0 unspecified atom stereocenters. The number of hydrogen-bond acceptors (Lipinski definition) is 4. The van der Waals surface area contributed by atoms with Crippen LogP contribution >= 0.6 is 34.8 Å². The number of amides is 1. The number of hydrogen-bond donors (Lipinski definition) is 1. The van der Waals surface area contributed by atoms with Gasteiger partial charge in [0.15, 0.2) is 12.4 Å². The standard InChI is InChI=1S/C15H8Cl3F3N2O3/c16-9-1-7(2-10(17)4-9)14(25)26-6-12(24)23-13-11(18)3-8(5-22-13)15(19,20)21/h1-5H,6H2,(H,22,23,24). The van der Waals surface area contributed by atoms with E-state index in [0.29, 0.717) is 12.3 Å². The number of carbonyl (C=O) groups is 2. The molecule has 0 spiro atoms. The van der Waals surface area contributed by atoms with E-state index in [1.54, 1.807) is 0 Å². The Morgan fingerprint density at radius 3 is 2.23 bits per heavy atom. The maximum Gasteiger partial charge on any atom is 0.417 e. The first-order valence-corrected chi connectivity index (χ1v) is 7.85. The predicted molar refractivity (Wildman–Crippen MR) is 89.6 cm³/mol. The molecule has 2 aromatic rings. The topological polar surface area (TPSA) is 68.3 Å². The molecule has 5 nitrogen and oxygen atoms in total. The summed E-state index contributed by atoms with van der Waals surface area (Å²) in [6.07, 6.45) is -4.10. The van der Waals surface area contributed by atoms with E-state index >= 15 is 0 Å². The van der Waals surface area contributed by atoms with Gasteiger partial charge in [0.1, 0.15) is 0 Å². The molecule has 0 aliphatic carbocycles. The minimum Gasteiger partial charge on any atom is -0.452 e. The Hall–Kier alpha value is -2.03. The van der Waals surface area contributed by atoms with Crippen molar-refractivity contribution in [1.82, 2.24) is 4.98 Å². The molecule has 0 bridgehead atoms. The van der Waals surface area contributed by atoms with Gasteiger partial charge >= 0.3 is 12.1 Å². The second-order valence-corrected chi connectivity index (χ2v) is 6.11. The fourth-order valence-electron chi connectivity index (χ4n) is 1.74. The molecule has 0 fully saturated rings. The van der Waals surface area contributed by atoms with Crippen LogP contribution in [0.2, 0.25) is 15.1 Å². The highest BCUT2D eigenvalue weighted by atomic mass is 35.5. The van der Waals surface area contributed by atoms with Gasteiger partial charge in [0, 0.05) is 16.2 Å². The zero-order chi connectivity index (χ0) is 19.5. The van der Waals surface area contributed by atoms with Crippen LogP contribution in [0, 0.1) is 0 Å². The molecule has 138 valence electrons. The molecule has 0 aliphatic rings. The van der Waals surface area contributed by atoms with Gasteiger partial charge in [0.25, 0.3) is 5.91 Å². The summed E-state index contributed by atoms with van der Waals surface area (Å²) in [5, 5.41) is 2.13. The van der Waals surface area contributed by atoms with Crippen LogP contribution in [0.25, 0.3) is 0 Å². The SMILES string of the molecule is O=C(COC(=O)c1cc(Cl)cc(Cl)c1)Nc1ncc(C(F)(F)F)cc1Cl. The molecule has 1 N–H and O–H groups in total. The molecular formula is C15H8Cl3F3N2O3. The maximum absolute atomic E-state index is 12.5. The van der Waals surface area contributed by atoms with Crippen LogP contribution in [0.5, 0.6) is 0 Å². The Balaban J connectivity index is 1.97. The van der Waals surface area contributed by atoms with Gasteiger partial charge in [-0.2, -0.15) is 13.2 Å². The number of benzene rings is 1. The number of nitrogens with one attached hydrogen (secondary N) is 1. The first-order valence-electron chi connectivity index (χ1n) is 6.72. The molecule has 1 amide bonds. The normalized spacial score (nSPS) is 11.2. The lowest BCUT2D eigenvalue weighted by molar-refractivity contribution is -0.137. The monoisotopic (exact) mass is 426 g/mol. The molecule has 1 aromatic heterocycles. The van der Waals surface area contributed by atoms with Gasteiger partial charge in [0.05, 0.1) is 16.1 Å². The van der Waals surface area contributed by atoms with Gasteiger partial charge in [-0.15, -0.1) is 0 Å². The van der Waals surface area contributed by atoms with E-state index in [-0.39, 0.29) is 21.4 Å². The van der Waals surface area contributed by atoms with Gasteiger partial charge in [0.2, 0.25) is 0 Å². The quantitative estimate of drug-likeness (QED) is 0.708. The molecule has 2 rings (SSSR count). The Morgan fingerprint density at radius 1 is 1.08 bits per heavy atom. The zero-order valence-electron chi connectivity index (χ0n) is 12.5. The van der Waals surface area contributed by atoms with E-state index in [0.717, 1.165) is 0 Å². The van der Waals surface area contributed by atoms with Gasteiger partial charge in [-0.25, -0.2) is 9.78 Å². The third kappa shape index (κ3) is 5.48. The minimum absolute atomic E-state index is 0.0287. The average molecular weight is 428 g/mol. The highest BCUT2D eigenvalue weighted by molar-refractivity contribution is 6.35. The average Bonchev–Trinajstić information content (AvgIpc) is 2.52. The first kappa shape index (κ1) is 20.3. The van der Waals surface area contributed by atoms with Crippen LogP contribution in [-0.4, -0.2) is 23.5 Å². The first-order chi connectivity index (χ1) is 12.1. The molecule has 0 saturated heterocycles. The van der Waals surface area contributed by atoms with Crippen LogP contribution in [0.3, 0.4) is 0 Å². The number of pyridine rings is 1. The second-order valence-electron chi connectivity index (χ2n) is 4.83. The van der Waals surface area contributed by atoms with Crippen LogP contribution in [0.4, 0.5) is 19.0 Å². The molecule has 0 aliphatic heterocycles.